The number of carbonyl (C=O) groups is 1. The number of hydrogen-bond acceptors (Lipinski definition) is 3. The molecule has 2 heterocycles. The van der Waals surface area contributed by atoms with E-state index >= 15 is 0 Å². The van der Waals surface area contributed by atoms with Gasteiger partial charge in [0, 0.05) is 25.2 Å². The van der Waals surface area contributed by atoms with Gasteiger partial charge in [-0.05, 0) is 44.9 Å². The van der Waals surface area contributed by atoms with Gasteiger partial charge in [0.2, 0.25) is 0 Å². The lowest BCUT2D eigenvalue weighted by Crippen LogP contribution is -2.31. The Balaban J connectivity index is 1.48. The zero-order valence-corrected chi connectivity index (χ0v) is 14.9. The van der Waals surface area contributed by atoms with Crippen LogP contribution in [0.25, 0.3) is 0 Å². The molecule has 0 aliphatic carbocycles. The molecular weight excluding hydrogens is 324 g/mol. The van der Waals surface area contributed by atoms with Crippen LogP contribution in [-0.4, -0.2) is 40.6 Å². The second kappa shape index (κ2) is 7.36. The number of aryl methyl sites for hydroxylation is 2. The highest BCUT2D eigenvalue weighted by Crippen LogP contribution is 2.22. The van der Waals surface area contributed by atoms with Crippen molar-refractivity contribution in [2.24, 2.45) is 5.92 Å². The van der Waals surface area contributed by atoms with Crippen LogP contribution >= 0.6 is 11.6 Å². The third-order valence-electron chi connectivity index (χ3n) is 4.52. The fraction of sp³-hybridized carbons (Fsp3) is 0.444. The highest BCUT2D eigenvalue weighted by Gasteiger charge is 2.24. The van der Waals surface area contributed by atoms with Crippen LogP contribution in [0.5, 0.6) is 0 Å². The topological polar surface area (TPSA) is 61.0 Å². The highest BCUT2D eigenvalue weighted by atomic mass is 35.5. The predicted octanol–water partition coefficient (Wildman–Crippen LogP) is 2.93. The van der Waals surface area contributed by atoms with E-state index in [1.165, 1.54) is 0 Å². The van der Waals surface area contributed by atoms with E-state index in [2.05, 4.69) is 20.4 Å². The molecule has 1 saturated heterocycles. The van der Waals surface area contributed by atoms with E-state index in [9.17, 15) is 4.79 Å². The summed E-state index contributed by atoms with van der Waals surface area (Å²) in [6, 6.07) is 7.67. The van der Waals surface area contributed by atoms with E-state index in [0.29, 0.717) is 12.5 Å². The van der Waals surface area contributed by atoms with Crippen LogP contribution in [0.4, 0.5) is 0 Å². The molecule has 1 fully saturated rings. The summed E-state index contributed by atoms with van der Waals surface area (Å²) in [5.74, 6) is 0.473. The Morgan fingerprint density at radius 1 is 1.46 bits per heavy atom. The van der Waals surface area contributed by atoms with Crippen LogP contribution in [0, 0.1) is 19.8 Å². The summed E-state index contributed by atoms with van der Waals surface area (Å²) >= 11 is 6.23. The molecule has 1 atom stereocenters. The first kappa shape index (κ1) is 17.0. The maximum atomic E-state index is 12.2. The minimum absolute atomic E-state index is 0.00289. The standard InChI is InChI=1S/C18H23ClN4O/c1-12-4-3-5-15(8-12)18(24)20-9-14-6-7-23(10-14)11-16-17(19)13(2)21-22-16/h3-5,8,14H,6-7,9-11H2,1-2H3,(H,20,24)(H,21,22). The van der Waals surface area contributed by atoms with Crippen molar-refractivity contribution in [1.82, 2.24) is 20.4 Å². The average Bonchev–Trinajstić information content (AvgIpc) is 3.14. The average molecular weight is 347 g/mol. The molecule has 2 N–H and O–H groups in total. The Morgan fingerprint density at radius 2 is 2.29 bits per heavy atom. The molecule has 1 amide bonds. The van der Waals surface area contributed by atoms with Crippen molar-refractivity contribution in [1.29, 1.82) is 0 Å². The van der Waals surface area contributed by atoms with Crippen LogP contribution in [0.3, 0.4) is 0 Å². The molecule has 6 heteroatoms. The number of nitrogens with zero attached hydrogens (tertiary/aromatic N) is 2. The molecule has 24 heavy (non-hydrogen) atoms. The molecule has 0 radical (unpaired) electrons. The summed E-state index contributed by atoms with van der Waals surface area (Å²) in [5.41, 5.74) is 3.64. The van der Waals surface area contributed by atoms with E-state index in [0.717, 1.165) is 53.6 Å². The Morgan fingerprint density at radius 3 is 3.00 bits per heavy atom. The van der Waals surface area contributed by atoms with E-state index < -0.39 is 0 Å². The molecule has 2 aromatic rings. The van der Waals surface area contributed by atoms with Crippen molar-refractivity contribution < 1.29 is 4.79 Å². The van der Waals surface area contributed by atoms with Gasteiger partial charge >= 0.3 is 0 Å². The molecule has 0 spiro atoms. The Kier molecular flexibility index (Phi) is 5.21. The first-order valence-corrected chi connectivity index (χ1v) is 8.67. The van der Waals surface area contributed by atoms with Crippen LogP contribution in [0.2, 0.25) is 5.02 Å². The van der Waals surface area contributed by atoms with Gasteiger partial charge in [0.05, 0.1) is 16.4 Å². The van der Waals surface area contributed by atoms with Gasteiger partial charge in [-0.3, -0.25) is 14.8 Å². The zero-order chi connectivity index (χ0) is 17.1. The first-order chi connectivity index (χ1) is 11.5. The fourth-order valence-electron chi connectivity index (χ4n) is 3.13. The van der Waals surface area contributed by atoms with Crippen molar-refractivity contribution in [2.45, 2.75) is 26.8 Å². The lowest BCUT2D eigenvalue weighted by Gasteiger charge is -2.15. The second-order valence-electron chi connectivity index (χ2n) is 6.58. The first-order valence-electron chi connectivity index (χ1n) is 8.29. The minimum atomic E-state index is 0.00289. The third-order valence-corrected chi connectivity index (χ3v) is 5.02. The fourth-order valence-corrected chi connectivity index (χ4v) is 3.28. The molecule has 5 nitrogen and oxygen atoms in total. The summed E-state index contributed by atoms with van der Waals surface area (Å²) < 4.78 is 0. The molecule has 0 saturated carbocycles. The molecular formula is C18H23ClN4O. The highest BCUT2D eigenvalue weighted by molar-refractivity contribution is 6.31. The third kappa shape index (κ3) is 3.97. The molecule has 0 bridgehead atoms. The zero-order valence-electron chi connectivity index (χ0n) is 14.1. The second-order valence-corrected chi connectivity index (χ2v) is 6.96. The Labute approximate surface area is 147 Å². The molecule has 1 aromatic heterocycles. The van der Waals surface area contributed by atoms with Gasteiger partial charge in [0.25, 0.3) is 5.91 Å². The molecule has 128 valence electrons. The predicted molar refractivity (Wildman–Crippen MR) is 95.2 cm³/mol. The van der Waals surface area contributed by atoms with Gasteiger partial charge in [-0.25, -0.2) is 0 Å². The molecule has 1 aliphatic heterocycles. The molecule has 1 aliphatic rings. The molecule has 3 rings (SSSR count). The summed E-state index contributed by atoms with van der Waals surface area (Å²) in [6.07, 6.45) is 1.08. The lowest BCUT2D eigenvalue weighted by atomic mass is 10.1. The summed E-state index contributed by atoms with van der Waals surface area (Å²) in [4.78, 5) is 14.6. The number of hydrogen-bond donors (Lipinski definition) is 2. The minimum Gasteiger partial charge on any atom is -0.352 e. The quantitative estimate of drug-likeness (QED) is 0.875. The Bertz CT molecular complexity index is 728. The van der Waals surface area contributed by atoms with Gasteiger partial charge < -0.3 is 5.32 Å². The maximum absolute atomic E-state index is 12.2. The van der Waals surface area contributed by atoms with E-state index in [4.69, 9.17) is 11.6 Å². The van der Waals surface area contributed by atoms with Gasteiger partial charge in [-0.2, -0.15) is 5.10 Å². The molecule has 1 aromatic carbocycles. The van der Waals surface area contributed by atoms with Gasteiger partial charge in [-0.1, -0.05) is 29.3 Å². The largest absolute Gasteiger partial charge is 0.352 e. The van der Waals surface area contributed by atoms with Gasteiger partial charge in [0.1, 0.15) is 0 Å². The smallest absolute Gasteiger partial charge is 0.251 e. The number of aromatic nitrogens is 2. The number of H-pyrrole nitrogens is 1. The normalized spacial score (nSPS) is 18.0. The van der Waals surface area contributed by atoms with Gasteiger partial charge in [0.15, 0.2) is 0 Å². The van der Waals surface area contributed by atoms with Crippen molar-refractivity contribution in [3.8, 4) is 0 Å². The number of benzene rings is 1. The van der Waals surface area contributed by atoms with E-state index in [1.807, 2.05) is 38.1 Å². The van der Waals surface area contributed by atoms with E-state index in [-0.39, 0.29) is 5.91 Å². The Hall–Kier alpha value is -1.85. The van der Waals surface area contributed by atoms with Crippen molar-refractivity contribution >= 4 is 17.5 Å². The van der Waals surface area contributed by atoms with Crippen LogP contribution in [0.15, 0.2) is 24.3 Å². The van der Waals surface area contributed by atoms with E-state index in [1.54, 1.807) is 0 Å². The monoisotopic (exact) mass is 346 g/mol. The molecule has 1 unspecified atom stereocenters. The lowest BCUT2D eigenvalue weighted by molar-refractivity contribution is 0.0947. The number of aromatic amines is 1. The number of rotatable bonds is 5. The SMILES string of the molecule is Cc1cccc(C(=O)NCC2CCN(Cc3n[nH]c(C)c3Cl)C2)c1. The summed E-state index contributed by atoms with van der Waals surface area (Å²) in [5, 5.41) is 11.0. The number of carbonyl (C=O) groups excluding carboxylic acids is 1. The number of amides is 1. The van der Waals surface area contributed by atoms with Gasteiger partial charge in [-0.15, -0.1) is 0 Å². The number of likely N-dealkylation sites (tertiary alicyclic amines) is 1. The number of nitrogens with one attached hydrogen (secondary N) is 2. The van der Waals surface area contributed by atoms with Crippen molar-refractivity contribution in [3.05, 3.63) is 51.8 Å². The number of halogens is 1. The van der Waals surface area contributed by atoms with Crippen molar-refractivity contribution in [2.75, 3.05) is 19.6 Å². The maximum Gasteiger partial charge on any atom is 0.251 e. The summed E-state index contributed by atoms with van der Waals surface area (Å²) in [7, 11) is 0. The van der Waals surface area contributed by atoms with Crippen molar-refractivity contribution in [3.63, 3.8) is 0 Å². The van der Waals surface area contributed by atoms with Crippen LogP contribution in [-0.2, 0) is 6.54 Å². The van der Waals surface area contributed by atoms with Crippen LogP contribution in [0.1, 0.15) is 33.7 Å². The summed E-state index contributed by atoms with van der Waals surface area (Å²) in [6.45, 7) is 7.34. The van der Waals surface area contributed by atoms with Crippen LogP contribution < -0.4 is 5.32 Å².